The van der Waals surface area contributed by atoms with E-state index in [0.29, 0.717) is 0 Å². The van der Waals surface area contributed by atoms with Crippen molar-refractivity contribution in [3.8, 4) is 0 Å². The van der Waals surface area contributed by atoms with Crippen LogP contribution in [0, 0.1) is 5.92 Å². The minimum absolute atomic E-state index is 0.851. The van der Waals surface area contributed by atoms with Crippen LogP contribution in [0.25, 0.3) is 0 Å². The molecule has 1 heteroatoms. The predicted molar refractivity (Wildman–Crippen MR) is 70.2 cm³/mol. The molecule has 2 bridgehead atoms. The van der Waals surface area contributed by atoms with Gasteiger partial charge in [-0.25, -0.2) is 0 Å². The second-order valence-electron chi connectivity index (χ2n) is 6.22. The molecule has 1 saturated carbocycles. The van der Waals surface area contributed by atoms with E-state index in [1.807, 2.05) is 0 Å². The molecule has 3 aliphatic rings. The van der Waals surface area contributed by atoms with Crippen LogP contribution in [-0.2, 0) is 6.42 Å². The Kier molecular flexibility index (Phi) is 2.29. The fourth-order valence-corrected chi connectivity index (χ4v) is 3.84. The summed E-state index contributed by atoms with van der Waals surface area (Å²) in [6, 6.07) is 10.0. The highest BCUT2D eigenvalue weighted by molar-refractivity contribution is 5.34. The van der Waals surface area contributed by atoms with Gasteiger partial charge in [0.1, 0.15) is 0 Å². The van der Waals surface area contributed by atoms with Crippen molar-refractivity contribution in [2.75, 3.05) is 13.1 Å². The van der Waals surface area contributed by atoms with Gasteiger partial charge in [-0.1, -0.05) is 24.3 Å². The molecule has 2 fully saturated rings. The molecule has 1 aliphatic heterocycles. The van der Waals surface area contributed by atoms with Crippen LogP contribution >= 0.6 is 0 Å². The van der Waals surface area contributed by atoms with Crippen LogP contribution in [0.4, 0.5) is 0 Å². The maximum Gasteiger partial charge on any atom is 0.0142 e. The van der Waals surface area contributed by atoms with E-state index in [1.165, 1.54) is 45.2 Å². The van der Waals surface area contributed by atoms with Crippen LogP contribution in [0.1, 0.15) is 42.7 Å². The molecule has 1 saturated heterocycles. The predicted octanol–water partition coefficient (Wildman–Crippen LogP) is 3.20. The molecular weight excluding hydrogens is 206 g/mol. The number of hydrogen-bond donors (Lipinski definition) is 0. The fourth-order valence-electron chi connectivity index (χ4n) is 3.84. The molecule has 0 spiro atoms. The summed E-state index contributed by atoms with van der Waals surface area (Å²) in [5, 5.41) is 0. The summed E-state index contributed by atoms with van der Waals surface area (Å²) in [6.45, 7) is 2.74. The van der Waals surface area contributed by atoms with E-state index >= 15 is 0 Å². The Morgan fingerprint density at radius 2 is 2.00 bits per heavy atom. The van der Waals surface area contributed by atoms with Crippen LogP contribution < -0.4 is 0 Å². The van der Waals surface area contributed by atoms with Crippen molar-refractivity contribution in [2.45, 2.75) is 44.1 Å². The number of rotatable bonds is 2. The van der Waals surface area contributed by atoms with Crippen molar-refractivity contribution in [1.82, 2.24) is 4.90 Å². The van der Waals surface area contributed by atoms with Gasteiger partial charge < -0.3 is 0 Å². The Labute approximate surface area is 104 Å². The van der Waals surface area contributed by atoms with Gasteiger partial charge >= 0.3 is 0 Å². The van der Waals surface area contributed by atoms with Crippen LogP contribution in [0.15, 0.2) is 24.3 Å². The molecule has 0 aromatic heterocycles. The first-order chi connectivity index (χ1) is 8.40. The molecule has 1 aromatic rings. The van der Waals surface area contributed by atoms with E-state index in [1.54, 1.807) is 11.1 Å². The number of likely N-dealkylation sites (tertiary alicyclic amines) is 1. The van der Waals surface area contributed by atoms with Crippen LogP contribution in [0.3, 0.4) is 0 Å². The molecule has 17 heavy (non-hydrogen) atoms. The fraction of sp³-hybridized carbons (Fsp3) is 0.625. The zero-order valence-corrected chi connectivity index (χ0v) is 10.4. The van der Waals surface area contributed by atoms with Crippen molar-refractivity contribution in [1.29, 1.82) is 0 Å². The molecule has 0 radical (unpaired) electrons. The summed E-state index contributed by atoms with van der Waals surface area (Å²) < 4.78 is 0. The Balaban J connectivity index is 1.59. The summed E-state index contributed by atoms with van der Waals surface area (Å²) in [4.78, 5) is 2.80. The lowest BCUT2D eigenvalue weighted by atomic mass is 9.75. The Morgan fingerprint density at radius 3 is 2.88 bits per heavy atom. The summed E-state index contributed by atoms with van der Waals surface area (Å²) in [7, 11) is 0. The maximum absolute atomic E-state index is 2.80. The number of nitrogens with zero attached hydrogens (tertiary/aromatic N) is 1. The first kappa shape index (κ1) is 10.1. The first-order valence-electron chi connectivity index (χ1n) is 7.22. The second-order valence-corrected chi connectivity index (χ2v) is 6.22. The zero-order chi connectivity index (χ0) is 11.2. The van der Waals surface area contributed by atoms with Crippen molar-refractivity contribution in [3.05, 3.63) is 35.4 Å². The standard InChI is InChI=1S/C16H21N/c1-2-4-16-13(3-1)9-15-10-14(16)7-8-17(15)11-12-5-6-12/h1-4,12,14-15H,5-11H2. The third-order valence-electron chi connectivity index (χ3n) is 4.98. The third-order valence-corrected chi connectivity index (χ3v) is 4.98. The topological polar surface area (TPSA) is 3.24 Å². The monoisotopic (exact) mass is 227 g/mol. The third kappa shape index (κ3) is 1.81. The Hall–Kier alpha value is -0.820. The highest BCUT2D eigenvalue weighted by Crippen LogP contribution is 2.41. The Morgan fingerprint density at radius 1 is 1.12 bits per heavy atom. The molecule has 2 aliphatic carbocycles. The Bertz CT molecular complexity index is 421. The lowest BCUT2D eigenvalue weighted by molar-refractivity contribution is 0.119. The van der Waals surface area contributed by atoms with E-state index < -0.39 is 0 Å². The van der Waals surface area contributed by atoms with E-state index in [-0.39, 0.29) is 0 Å². The van der Waals surface area contributed by atoms with Gasteiger partial charge in [0, 0.05) is 12.6 Å². The van der Waals surface area contributed by atoms with E-state index in [4.69, 9.17) is 0 Å². The molecule has 1 aromatic carbocycles. The molecule has 0 amide bonds. The summed E-state index contributed by atoms with van der Waals surface area (Å²) in [5.74, 6) is 1.91. The minimum Gasteiger partial charge on any atom is -0.300 e. The summed E-state index contributed by atoms with van der Waals surface area (Å²) >= 11 is 0. The van der Waals surface area contributed by atoms with E-state index in [0.717, 1.165) is 17.9 Å². The van der Waals surface area contributed by atoms with Gasteiger partial charge in [0.2, 0.25) is 0 Å². The molecule has 0 N–H and O–H groups in total. The number of benzene rings is 1. The second kappa shape index (κ2) is 3.84. The highest BCUT2D eigenvalue weighted by Gasteiger charge is 2.36. The minimum atomic E-state index is 0.851. The van der Waals surface area contributed by atoms with Gasteiger partial charge in [-0.05, 0) is 61.6 Å². The van der Waals surface area contributed by atoms with Gasteiger partial charge in [0.05, 0.1) is 0 Å². The van der Waals surface area contributed by atoms with Gasteiger partial charge in [-0.2, -0.15) is 0 Å². The van der Waals surface area contributed by atoms with Crippen molar-refractivity contribution in [2.24, 2.45) is 5.92 Å². The van der Waals surface area contributed by atoms with Crippen molar-refractivity contribution < 1.29 is 0 Å². The van der Waals surface area contributed by atoms with Crippen molar-refractivity contribution >= 4 is 0 Å². The van der Waals surface area contributed by atoms with Gasteiger partial charge in [-0.3, -0.25) is 4.90 Å². The van der Waals surface area contributed by atoms with E-state index in [9.17, 15) is 0 Å². The van der Waals surface area contributed by atoms with E-state index in [2.05, 4.69) is 29.2 Å². The molecular formula is C16H21N. The molecule has 4 rings (SSSR count). The highest BCUT2D eigenvalue weighted by atomic mass is 15.2. The van der Waals surface area contributed by atoms with Crippen LogP contribution in [0.5, 0.6) is 0 Å². The van der Waals surface area contributed by atoms with Gasteiger partial charge in [-0.15, -0.1) is 0 Å². The number of piperidine rings is 1. The smallest absolute Gasteiger partial charge is 0.0142 e. The average molecular weight is 227 g/mol. The van der Waals surface area contributed by atoms with Crippen LogP contribution in [0.2, 0.25) is 0 Å². The van der Waals surface area contributed by atoms with Gasteiger partial charge in [0.15, 0.2) is 0 Å². The summed E-state index contributed by atoms with van der Waals surface area (Å²) in [6.07, 6.45) is 7.09. The molecule has 90 valence electrons. The molecule has 1 heterocycles. The summed E-state index contributed by atoms with van der Waals surface area (Å²) in [5.41, 5.74) is 3.30. The molecule has 1 nitrogen and oxygen atoms in total. The zero-order valence-electron chi connectivity index (χ0n) is 10.4. The largest absolute Gasteiger partial charge is 0.300 e. The lowest BCUT2D eigenvalue weighted by Crippen LogP contribution is -2.46. The molecule has 2 unspecified atom stereocenters. The van der Waals surface area contributed by atoms with Crippen LogP contribution in [-0.4, -0.2) is 24.0 Å². The molecule has 2 atom stereocenters. The average Bonchev–Trinajstić information content (AvgIpc) is 3.17. The maximum atomic E-state index is 2.80. The van der Waals surface area contributed by atoms with Gasteiger partial charge in [0.25, 0.3) is 0 Å². The number of fused-ring (bicyclic) bond motifs is 4. The first-order valence-corrected chi connectivity index (χ1v) is 7.22. The van der Waals surface area contributed by atoms with Crippen molar-refractivity contribution in [3.63, 3.8) is 0 Å². The lowest BCUT2D eigenvalue weighted by Gasteiger charge is -2.44. The normalized spacial score (nSPS) is 32.2. The quantitative estimate of drug-likeness (QED) is 0.750. The SMILES string of the molecule is c1ccc2c(c1)CC1CC2CCN1CC1CC1. The number of hydrogen-bond acceptors (Lipinski definition) is 1.